The Labute approximate surface area is 152 Å². The number of rotatable bonds is 6. The lowest BCUT2D eigenvalue weighted by molar-refractivity contribution is -0.0421. The van der Waals surface area contributed by atoms with Gasteiger partial charge in [0.05, 0.1) is 29.8 Å². The van der Waals surface area contributed by atoms with Gasteiger partial charge in [-0.2, -0.15) is 0 Å². The number of hydrogen-bond acceptors (Lipinski definition) is 5. The minimum Gasteiger partial charge on any atom is -0.389 e. The van der Waals surface area contributed by atoms with Crippen LogP contribution < -0.4 is 10.0 Å². The van der Waals surface area contributed by atoms with Gasteiger partial charge in [0.15, 0.2) is 0 Å². The average Bonchev–Trinajstić information content (AvgIpc) is 2.96. The zero-order valence-corrected chi connectivity index (χ0v) is 15.1. The summed E-state index contributed by atoms with van der Waals surface area (Å²) in [5, 5.41) is 13.6. The molecule has 0 bridgehead atoms. The molecule has 26 heavy (non-hydrogen) atoms. The second-order valence-electron chi connectivity index (χ2n) is 6.93. The molecule has 6 nitrogen and oxygen atoms in total. The lowest BCUT2D eigenvalue weighted by Crippen LogP contribution is -2.49. The van der Waals surface area contributed by atoms with Crippen molar-refractivity contribution in [3.63, 3.8) is 0 Å². The van der Waals surface area contributed by atoms with E-state index in [2.05, 4.69) is 10.0 Å². The zero-order valence-electron chi connectivity index (χ0n) is 14.3. The lowest BCUT2D eigenvalue weighted by atomic mass is 9.91. The first-order valence-corrected chi connectivity index (χ1v) is 10.2. The molecule has 2 aliphatic rings. The maximum Gasteiger partial charge on any atom is 0.248 e. The molecule has 2 fully saturated rings. The van der Waals surface area contributed by atoms with Crippen LogP contribution in [0.3, 0.4) is 0 Å². The van der Waals surface area contributed by atoms with E-state index in [1.807, 2.05) is 0 Å². The Morgan fingerprint density at radius 2 is 1.85 bits per heavy atom. The Kier molecular flexibility index (Phi) is 5.93. The van der Waals surface area contributed by atoms with Crippen molar-refractivity contribution in [3.05, 3.63) is 30.3 Å². The van der Waals surface area contributed by atoms with Crippen molar-refractivity contribution < 1.29 is 27.0 Å². The van der Waals surface area contributed by atoms with E-state index in [0.29, 0.717) is 12.8 Å². The van der Waals surface area contributed by atoms with Crippen molar-refractivity contribution in [2.24, 2.45) is 0 Å². The Morgan fingerprint density at radius 1 is 1.19 bits per heavy atom. The number of alkyl halides is 2. The summed E-state index contributed by atoms with van der Waals surface area (Å²) in [7, 11) is -3.67. The fourth-order valence-corrected chi connectivity index (χ4v) is 4.46. The minimum atomic E-state index is -3.67. The highest BCUT2D eigenvalue weighted by Gasteiger charge is 2.40. The van der Waals surface area contributed by atoms with Crippen molar-refractivity contribution in [2.75, 3.05) is 13.2 Å². The maximum atomic E-state index is 13.2. The molecule has 0 aromatic heterocycles. The SMILES string of the molecule is O=S(=O)(NC[C@H]1OC[C@@H](NC2CCC(F)(F)CC2)[C@@H]1O)c1ccccc1. The van der Waals surface area contributed by atoms with E-state index >= 15 is 0 Å². The van der Waals surface area contributed by atoms with Crippen LogP contribution in [0.25, 0.3) is 0 Å². The monoisotopic (exact) mass is 390 g/mol. The first-order chi connectivity index (χ1) is 12.3. The summed E-state index contributed by atoms with van der Waals surface area (Å²) in [4.78, 5) is 0.144. The number of hydrogen-bond donors (Lipinski definition) is 3. The molecule has 0 radical (unpaired) electrons. The van der Waals surface area contributed by atoms with Gasteiger partial charge in [0.1, 0.15) is 0 Å². The molecule has 3 N–H and O–H groups in total. The first kappa shape index (κ1) is 19.6. The third kappa shape index (κ3) is 4.77. The van der Waals surface area contributed by atoms with Gasteiger partial charge in [-0.25, -0.2) is 21.9 Å². The number of benzene rings is 1. The Balaban J connectivity index is 1.49. The number of ether oxygens (including phenoxy) is 1. The number of halogens is 2. The van der Waals surface area contributed by atoms with Crippen LogP contribution in [-0.4, -0.2) is 56.9 Å². The van der Waals surface area contributed by atoms with Crippen molar-refractivity contribution in [3.8, 4) is 0 Å². The third-order valence-electron chi connectivity index (χ3n) is 4.98. The highest BCUT2D eigenvalue weighted by Crippen LogP contribution is 2.33. The highest BCUT2D eigenvalue weighted by molar-refractivity contribution is 7.89. The molecular weight excluding hydrogens is 366 g/mol. The van der Waals surface area contributed by atoms with Gasteiger partial charge < -0.3 is 15.2 Å². The largest absolute Gasteiger partial charge is 0.389 e. The van der Waals surface area contributed by atoms with Gasteiger partial charge >= 0.3 is 0 Å². The van der Waals surface area contributed by atoms with Gasteiger partial charge in [-0.3, -0.25) is 0 Å². The van der Waals surface area contributed by atoms with Crippen LogP contribution in [0, 0.1) is 0 Å². The quantitative estimate of drug-likeness (QED) is 0.681. The van der Waals surface area contributed by atoms with E-state index < -0.39 is 34.2 Å². The van der Waals surface area contributed by atoms with Crippen LogP contribution in [0.15, 0.2) is 35.2 Å². The lowest BCUT2D eigenvalue weighted by Gasteiger charge is -2.31. The highest BCUT2D eigenvalue weighted by atomic mass is 32.2. The molecule has 1 aromatic carbocycles. The number of aliphatic hydroxyl groups is 1. The van der Waals surface area contributed by atoms with Crippen LogP contribution in [0.5, 0.6) is 0 Å². The standard InChI is InChI=1S/C17H24F2N2O4S/c18-17(19)8-6-12(7-9-17)21-14-11-25-15(16(14)22)10-20-26(23,24)13-4-2-1-3-5-13/h1-5,12,14-16,20-22H,6-11H2/t14-,15-,16+/m1/s1. The van der Waals surface area contributed by atoms with E-state index in [4.69, 9.17) is 4.74 Å². The van der Waals surface area contributed by atoms with E-state index in [0.717, 1.165) is 0 Å². The van der Waals surface area contributed by atoms with Gasteiger partial charge in [0.2, 0.25) is 15.9 Å². The molecule has 1 heterocycles. The molecule has 1 aliphatic heterocycles. The average molecular weight is 390 g/mol. The molecular formula is C17H24F2N2O4S. The molecule has 146 valence electrons. The molecule has 0 spiro atoms. The second-order valence-corrected chi connectivity index (χ2v) is 8.70. The maximum absolute atomic E-state index is 13.2. The minimum absolute atomic E-state index is 0.0562. The van der Waals surface area contributed by atoms with Crippen LogP contribution >= 0.6 is 0 Å². The topological polar surface area (TPSA) is 87.7 Å². The molecule has 1 aliphatic carbocycles. The molecule has 1 saturated heterocycles. The predicted octanol–water partition coefficient (Wildman–Crippen LogP) is 1.26. The predicted molar refractivity (Wildman–Crippen MR) is 91.5 cm³/mol. The van der Waals surface area contributed by atoms with Crippen LogP contribution in [-0.2, 0) is 14.8 Å². The van der Waals surface area contributed by atoms with E-state index in [-0.39, 0.29) is 36.9 Å². The smallest absolute Gasteiger partial charge is 0.248 e. The number of aliphatic hydroxyl groups excluding tert-OH is 1. The fraction of sp³-hybridized carbons (Fsp3) is 0.647. The molecule has 0 amide bonds. The van der Waals surface area contributed by atoms with Gasteiger partial charge in [0.25, 0.3) is 0 Å². The van der Waals surface area contributed by atoms with E-state index in [9.17, 15) is 22.3 Å². The summed E-state index contributed by atoms with van der Waals surface area (Å²) in [6.07, 6.45) is -1.21. The Hall–Kier alpha value is -1.13. The van der Waals surface area contributed by atoms with Crippen molar-refractivity contribution in [2.45, 2.75) is 60.8 Å². The Morgan fingerprint density at radius 3 is 2.50 bits per heavy atom. The van der Waals surface area contributed by atoms with E-state index in [1.54, 1.807) is 18.2 Å². The summed E-state index contributed by atoms with van der Waals surface area (Å²) in [5.74, 6) is -2.60. The molecule has 3 atom stereocenters. The van der Waals surface area contributed by atoms with Gasteiger partial charge in [-0.05, 0) is 25.0 Å². The van der Waals surface area contributed by atoms with Crippen molar-refractivity contribution in [1.82, 2.24) is 10.0 Å². The van der Waals surface area contributed by atoms with E-state index in [1.165, 1.54) is 12.1 Å². The molecule has 1 aromatic rings. The summed E-state index contributed by atoms with van der Waals surface area (Å²) >= 11 is 0. The zero-order chi connectivity index (χ0) is 18.8. The number of nitrogens with one attached hydrogen (secondary N) is 2. The normalized spacial score (nSPS) is 29.7. The van der Waals surface area contributed by atoms with Gasteiger partial charge in [-0.1, -0.05) is 18.2 Å². The third-order valence-corrected chi connectivity index (χ3v) is 6.42. The van der Waals surface area contributed by atoms with Crippen molar-refractivity contribution in [1.29, 1.82) is 0 Å². The summed E-state index contributed by atoms with van der Waals surface area (Å²) in [6, 6.07) is 7.47. The molecule has 3 rings (SSSR count). The summed E-state index contributed by atoms with van der Waals surface area (Å²) < 4.78 is 58.8. The first-order valence-electron chi connectivity index (χ1n) is 8.75. The van der Waals surface area contributed by atoms with Crippen LogP contribution in [0.4, 0.5) is 8.78 Å². The van der Waals surface area contributed by atoms with Gasteiger partial charge in [-0.15, -0.1) is 0 Å². The molecule has 9 heteroatoms. The van der Waals surface area contributed by atoms with Gasteiger partial charge in [0, 0.05) is 25.4 Å². The Bertz CT molecular complexity index is 692. The molecule has 0 unspecified atom stereocenters. The fourth-order valence-electron chi connectivity index (χ4n) is 3.39. The second kappa shape index (κ2) is 7.85. The van der Waals surface area contributed by atoms with Crippen LogP contribution in [0.2, 0.25) is 0 Å². The van der Waals surface area contributed by atoms with Crippen molar-refractivity contribution >= 4 is 10.0 Å². The summed E-state index contributed by atoms with van der Waals surface area (Å²) in [6.45, 7) is 0.158. The molecule has 1 saturated carbocycles. The van der Waals surface area contributed by atoms with Crippen LogP contribution in [0.1, 0.15) is 25.7 Å². The number of sulfonamides is 1. The summed E-state index contributed by atoms with van der Waals surface area (Å²) in [5.41, 5.74) is 0.